The molecule has 100 valence electrons. The summed E-state index contributed by atoms with van der Waals surface area (Å²) in [4.78, 5) is 25.8. The topological polar surface area (TPSA) is 92.9 Å². The van der Waals surface area contributed by atoms with Crippen molar-refractivity contribution in [2.45, 2.75) is 18.9 Å². The summed E-state index contributed by atoms with van der Waals surface area (Å²) in [6.07, 6.45) is 1.13. The molecule has 19 heavy (non-hydrogen) atoms. The molecule has 1 saturated carbocycles. The van der Waals surface area contributed by atoms with Gasteiger partial charge in [-0.2, -0.15) is 0 Å². The van der Waals surface area contributed by atoms with Crippen LogP contribution in [-0.4, -0.2) is 15.5 Å². The number of hydrogen-bond acceptors (Lipinski definition) is 3. The minimum Gasteiger partial charge on any atom is -0.305 e. The van der Waals surface area contributed by atoms with E-state index in [4.69, 9.17) is 5.84 Å². The van der Waals surface area contributed by atoms with E-state index >= 15 is 0 Å². The van der Waals surface area contributed by atoms with E-state index in [0.29, 0.717) is 23.9 Å². The van der Waals surface area contributed by atoms with Crippen LogP contribution in [0.2, 0.25) is 0 Å². The van der Waals surface area contributed by atoms with Gasteiger partial charge in [0.05, 0.1) is 11.0 Å². The third kappa shape index (κ3) is 1.82. The zero-order valence-corrected chi connectivity index (χ0v) is 10.0. The standard InChI is InChI=1S/C12H13FN4O2/c13-7-1-2-10-9(5-7)15-12(19)17(10)8-3-6(4-8)11(18)16-14/h1-2,5-6,8H,3-4,14H2,(H,15,19)(H,16,18). The molecule has 0 atom stereocenters. The number of benzene rings is 1. The molecule has 0 spiro atoms. The highest BCUT2D eigenvalue weighted by Gasteiger charge is 2.36. The number of amides is 1. The summed E-state index contributed by atoms with van der Waals surface area (Å²) < 4.78 is 14.7. The Hall–Kier alpha value is -2.15. The first-order valence-corrected chi connectivity index (χ1v) is 6.00. The van der Waals surface area contributed by atoms with Gasteiger partial charge in [-0.15, -0.1) is 0 Å². The van der Waals surface area contributed by atoms with Crippen molar-refractivity contribution in [2.24, 2.45) is 11.8 Å². The number of hydrazine groups is 1. The lowest BCUT2D eigenvalue weighted by molar-refractivity contribution is -0.128. The number of hydrogen-bond donors (Lipinski definition) is 3. The van der Waals surface area contributed by atoms with Gasteiger partial charge in [0.25, 0.3) is 0 Å². The normalized spacial score (nSPS) is 22.2. The van der Waals surface area contributed by atoms with Crippen molar-refractivity contribution in [3.63, 3.8) is 0 Å². The molecule has 1 aromatic heterocycles. The smallest absolute Gasteiger partial charge is 0.305 e. The highest BCUT2D eigenvalue weighted by atomic mass is 19.1. The van der Waals surface area contributed by atoms with Crippen LogP contribution in [0.1, 0.15) is 18.9 Å². The van der Waals surface area contributed by atoms with Crippen LogP contribution in [0.4, 0.5) is 4.39 Å². The predicted molar refractivity (Wildman–Crippen MR) is 66.6 cm³/mol. The lowest BCUT2D eigenvalue weighted by Gasteiger charge is -2.34. The molecule has 0 saturated heterocycles. The molecular weight excluding hydrogens is 251 g/mol. The molecule has 0 unspecified atom stereocenters. The Balaban J connectivity index is 1.93. The number of halogens is 1. The number of nitrogens with two attached hydrogens (primary N) is 1. The van der Waals surface area contributed by atoms with E-state index < -0.39 is 5.82 Å². The Morgan fingerprint density at radius 3 is 2.89 bits per heavy atom. The van der Waals surface area contributed by atoms with Crippen LogP contribution in [0.25, 0.3) is 11.0 Å². The van der Waals surface area contributed by atoms with Crippen LogP contribution >= 0.6 is 0 Å². The lowest BCUT2D eigenvalue weighted by atomic mass is 9.79. The molecule has 0 bridgehead atoms. The summed E-state index contributed by atoms with van der Waals surface area (Å²) in [5.74, 6) is 4.30. The van der Waals surface area contributed by atoms with Crippen LogP contribution in [0, 0.1) is 11.7 Å². The first-order valence-electron chi connectivity index (χ1n) is 6.00. The van der Waals surface area contributed by atoms with Gasteiger partial charge in [-0.3, -0.25) is 14.8 Å². The van der Waals surface area contributed by atoms with Crippen molar-refractivity contribution in [1.29, 1.82) is 0 Å². The van der Waals surface area contributed by atoms with E-state index in [-0.39, 0.29) is 23.6 Å². The SMILES string of the molecule is NNC(=O)C1CC(n2c(=O)[nH]c3cc(F)ccc32)C1. The van der Waals surface area contributed by atoms with E-state index in [1.165, 1.54) is 12.1 Å². The van der Waals surface area contributed by atoms with Gasteiger partial charge in [-0.1, -0.05) is 0 Å². The molecule has 1 heterocycles. The highest BCUT2D eigenvalue weighted by molar-refractivity contribution is 5.79. The molecule has 1 aromatic carbocycles. The van der Waals surface area contributed by atoms with Crippen LogP contribution in [0.3, 0.4) is 0 Å². The maximum Gasteiger partial charge on any atom is 0.326 e. The Morgan fingerprint density at radius 1 is 1.47 bits per heavy atom. The molecule has 7 heteroatoms. The quantitative estimate of drug-likeness (QED) is 0.416. The van der Waals surface area contributed by atoms with Crippen LogP contribution in [0.15, 0.2) is 23.0 Å². The highest BCUT2D eigenvalue weighted by Crippen LogP contribution is 2.38. The molecule has 3 rings (SSSR count). The fourth-order valence-corrected chi connectivity index (χ4v) is 2.60. The first kappa shape index (κ1) is 11.9. The first-order chi connectivity index (χ1) is 9.10. The minimum atomic E-state index is -0.394. The van der Waals surface area contributed by atoms with Gasteiger partial charge in [0.15, 0.2) is 0 Å². The number of rotatable bonds is 2. The fraction of sp³-hybridized carbons (Fsp3) is 0.333. The van der Waals surface area contributed by atoms with E-state index in [1.807, 2.05) is 0 Å². The molecule has 0 radical (unpaired) electrons. The van der Waals surface area contributed by atoms with Gasteiger partial charge in [0.2, 0.25) is 5.91 Å². The average molecular weight is 264 g/mol. The molecule has 1 aliphatic rings. The molecule has 4 N–H and O–H groups in total. The monoisotopic (exact) mass is 264 g/mol. The number of aromatic nitrogens is 2. The van der Waals surface area contributed by atoms with Crippen LogP contribution < -0.4 is 17.0 Å². The van der Waals surface area contributed by atoms with Gasteiger partial charge in [-0.25, -0.2) is 15.0 Å². The van der Waals surface area contributed by atoms with E-state index in [1.54, 1.807) is 10.6 Å². The van der Waals surface area contributed by atoms with Gasteiger partial charge >= 0.3 is 5.69 Å². The number of carbonyl (C=O) groups excluding carboxylic acids is 1. The van der Waals surface area contributed by atoms with Crippen LogP contribution in [-0.2, 0) is 4.79 Å². The Labute approximate surface area is 107 Å². The van der Waals surface area contributed by atoms with Crippen molar-refractivity contribution < 1.29 is 9.18 Å². The zero-order valence-electron chi connectivity index (χ0n) is 10.0. The maximum atomic E-state index is 13.1. The molecular formula is C12H13FN4O2. The van der Waals surface area contributed by atoms with Crippen LogP contribution in [0.5, 0.6) is 0 Å². The molecule has 1 amide bonds. The van der Waals surface area contributed by atoms with Gasteiger partial charge in [0.1, 0.15) is 5.82 Å². The van der Waals surface area contributed by atoms with Gasteiger partial charge in [-0.05, 0) is 31.0 Å². The van der Waals surface area contributed by atoms with Crippen molar-refractivity contribution >= 4 is 16.9 Å². The third-order valence-electron chi connectivity index (χ3n) is 3.67. The zero-order chi connectivity index (χ0) is 13.6. The molecule has 0 aliphatic heterocycles. The molecule has 1 fully saturated rings. The number of fused-ring (bicyclic) bond motifs is 1. The summed E-state index contributed by atoms with van der Waals surface area (Å²) in [7, 11) is 0. The number of imidazole rings is 1. The summed E-state index contributed by atoms with van der Waals surface area (Å²) in [6, 6.07) is 4.12. The second-order valence-corrected chi connectivity index (χ2v) is 4.79. The van der Waals surface area contributed by atoms with Gasteiger partial charge in [0, 0.05) is 12.0 Å². The predicted octanol–water partition coefficient (Wildman–Crippen LogP) is 0.410. The fourth-order valence-electron chi connectivity index (χ4n) is 2.60. The summed E-state index contributed by atoms with van der Waals surface area (Å²) in [5, 5.41) is 0. The molecule has 2 aromatic rings. The number of nitrogens with one attached hydrogen (secondary N) is 2. The van der Waals surface area contributed by atoms with E-state index in [9.17, 15) is 14.0 Å². The van der Waals surface area contributed by atoms with Crippen molar-refractivity contribution in [3.05, 3.63) is 34.5 Å². The number of H-pyrrole nitrogens is 1. The second-order valence-electron chi connectivity index (χ2n) is 4.79. The summed E-state index contributed by atoms with van der Waals surface area (Å²) in [5.41, 5.74) is 2.95. The number of nitrogens with zero attached hydrogens (tertiary/aromatic N) is 1. The van der Waals surface area contributed by atoms with Crippen molar-refractivity contribution in [3.8, 4) is 0 Å². The van der Waals surface area contributed by atoms with Crippen molar-refractivity contribution in [1.82, 2.24) is 15.0 Å². The Kier molecular flexibility index (Phi) is 2.63. The van der Waals surface area contributed by atoms with Crippen molar-refractivity contribution in [2.75, 3.05) is 0 Å². The van der Waals surface area contributed by atoms with E-state index in [2.05, 4.69) is 10.4 Å². The summed E-state index contributed by atoms with van der Waals surface area (Å²) in [6.45, 7) is 0. The largest absolute Gasteiger partial charge is 0.326 e. The molecule has 1 aliphatic carbocycles. The Morgan fingerprint density at radius 2 is 2.21 bits per heavy atom. The Bertz CT molecular complexity index is 699. The number of carbonyl (C=O) groups is 1. The van der Waals surface area contributed by atoms with Gasteiger partial charge < -0.3 is 4.98 Å². The maximum absolute atomic E-state index is 13.1. The number of aromatic amines is 1. The second kappa shape index (κ2) is 4.20. The lowest BCUT2D eigenvalue weighted by Crippen LogP contribution is -2.43. The minimum absolute atomic E-state index is 0.0472. The molecule has 6 nitrogen and oxygen atoms in total. The third-order valence-corrected chi connectivity index (χ3v) is 3.67. The summed E-state index contributed by atoms with van der Waals surface area (Å²) >= 11 is 0. The average Bonchev–Trinajstić information content (AvgIpc) is 2.63. The van der Waals surface area contributed by atoms with E-state index in [0.717, 1.165) is 0 Å².